The van der Waals surface area contributed by atoms with E-state index in [4.69, 9.17) is 4.74 Å². The number of aromatic amines is 1. The normalized spacial score (nSPS) is 16.3. The summed E-state index contributed by atoms with van der Waals surface area (Å²) in [6.07, 6.45) is 2.28. The first kappa shape index (κ1) is 12.3. The van der Waals surface area contributed by atoms with E-state index < -0.39 is 10.8 Å². The van der Waals surface area contributed by atoms with Gasteiger partial charge in [-0.25, -0.2) is 9.97 Å². The van der Waals surface area contributed by atoms with E-state index in [2.05, 4.69) is 20.2 Å². The maximum Gasteiger partial charge on any atom is 0.239 e. The van der Waals surface area contributed by atoms with Crippen LogP contribution in [-0.2, 0) is 16.6 Å². The molecule has 0 bridgehead atoms. The van der Waals surface area contributed by atoms with Gasteiger partial charge in [0.05, 0.1) is 29.4 Å². The number of H-pyrrole nitrogens is 1. The monoisotopic (exact) mass is 278 g/mol. The Hall–Kier alpha value is -1.76. The van der Waals surface area contributed by atoms with Gasteiger partial charge in [-0.1, -0.05) is 6.07 Å². The molecule has 0 radical (unpaired) electrons. The molecule has 1 saturated carbocycles. The summed E-state index contributed by atoms with van der Waals surface area (Å²) in [5.41, 5.74) is 0.704. The molecule has 1 aliphatic rings. The van der Waals surface area contributed by atoms with Gasteiger partial charge in [0.1, 0.15) is 5.82 Å². The molecule has 0 aliphatic heterocycles. The zero-order valence-electron chi connectivity index (χ0n) is 10.5. The van der Waals surface area contributed by atoms with Gasteiger partial charge in [-0.15, -0.1) is 5.10 Å². The molecule has 1 fully saturated rings. The fourth-order valence-corrected chi connectivity index (χ4v) is 2.66. The smallest absolute Gasteiger partial charge is 0.239 e. The zero-order valence-corrected chi connectivity index (χ0v) is 11.3. The molecule has 2 aromatic heterocycles. The van der Waals surface area contributed by atoms with E-state index in [9.17, 15) is 4.21 Å². The lowest BCUT2D eigenvalue weighted by atomic mass is 10.4. The number of nitrogens with one attached hydrogen (secondary N) is 1. The van der Waals surface area contributed by atoms with Gasteiger partial charge in [-0.3, -0.25) is 9.31 Å². The Morgan fingerprint density at radius 3 is 3.00 bits per heavy atom. The summed E-state index contributed by atoms with van der Waals surface area (Å²) < 4.78 is 17.2. The number of rotatable bonds is 5. The van der Waals surface area contributed by atoms with E-state index in [0.29, 0.717) is 28.4 Å². The molecular weight excluding hydrogens is 264 g/mol. The highest BCUT2D eigenvalue weighted by atomic mass is 32.2. The predicted octanol–water partition coefficient (Wildman–Crippen LogP) is 1.39. The lowest BCUT2D eigenvalue weighted by Crippen LogP contribution is -2.01. The average molecular weight is 278 g/mol. The second-order valence-corrected chi connectivity index (χ2v) is 5.78. The highest BCUT2D eigenvalue weighted by Crippen LogP contribution is 2.37. The van der Waals surface area contributed by atoms with Gasteiger partial charge in [-0.05, 0) is 18.9 Å². The first-order valence-corrected chi connectivity index (χ1v) is 7.39. The standard InChI is InChI=1S/C12H14N4O2S/c1-18-10-4-2-3-9(13-10)7-19(17)12-14-11(15-16-12)8-5-6-8/h2-4,8H,5-7H2,1H3,(H,14,15,16)/t19-/m1/s1. The molecule has 100 valence electrons. The molecule has 0 amide bonds. The quantitative estimate of drug-likeness (QED) is 0.894. The molecule has 6 nitrogen and oxygen atoms in total. The van der Waals surface area contributed by atoms with Crippen molar-refractivity contribution in [1.82, 2.24) is 20.2 Å². The first-order valence-electron chi connectivity index (χ1n) is 6.07. The summed E-state index contributed by atoms with van der Waals surface area (Å²) >= 11 is 0. The van der Waals surface area contributed by atoms with E-state index in [1.807, 2.05) is 12.1 Å². The first-order chi connectivity index (χ1) is 9.26. The Labute approximate surface area is 113 Å². The Bertz CT molecular complexity index is 609. The average Bonchev–Trinajstić information content (AvgIpc) is 3.16. The Morgan fingerprint density at radius 1 is 1.42 bits per heavy atom. The van der Waals surface area contributed by atoms with Crippen LogP contribution in [0.15, 0.2) is 23.4 Å². The summed E-state index contributed by atoms with van der Waals surface area (Å²) in [7, 11) is 0.272. The predicted molar refractivity (Wildman–Crippen MR) is 69.3 cm³/mol. The Balaban J connectivity index is 1.72. The van der Waals surface area contributed by atoms with Gasteiger partial charge in [0.2, 0.25) is 11.0 Å². The molecular formula is C12H14N4O2S. The minimum Gasteiger partial charge on any atom is -0.481 e. The van der Waals surface area contributed by atoms with Crippen molar-refractivity contribution < 1.29 is 8.95 Å². The van der Waals surface area contributed by atoms with Crippen molar-refractivity contribution in [3.8, 4) is 5.88 Å². The van der Waals surface area contributed by atoms with Crippen LogP contribution in [-0.4, -0.2) is 31.5 Å². The number of ether oxygens (including phenoxy) is 1. The van der Waals surface area contributed by atoms with E-state index >= 15 is 0 Å². The van der Waals surface area contributed by atoms with Gasteiger partial charge in [0, 0.05) is 12.0 Å². The second-order valence-electron chi connectivity index (χ2n) is 4.44. The summed E-state index contributed by atoms with van der Waals surface area (Å²) in [5.74, 6) is 2.14. The molecule has 1 N–H and O–H groups in total. The van der Waals surface area contributed by atoms with Crippen LogP contribution < -0.4 is 4.74 Å². The molecule has 1 atom stereocenters. The van der Waals surface area contributed by atoms with Crippen molar-refractivity contribution in [1.29, 1.82) is 0 Å². The lowest BCUT2D eigenvalue weighted by Gasteiger charge is -2.01. The number of pyridine rings is 1. The van der Waals surface area contributed by atoms with Crippen LogP contribution in [0.25, 0.3) is 0 Å². The lowest BCUT2D eigenvalue weighted by molar-refractivity contribution is 0.397. The molecule has 0 unspecified atom stereocenters. The second kappa shape index (κ2) is 5.08. The third-order valence-electron chi connectivity index (χ3n) is 2.92. The van der Waals surface area contributed by atoms with E-state index in [1.54, 1.807) is 13.2 Å². The fourth-order valence-electron chi connectivity index (χ4n) is 1.75. The van der Waals surface area contributed by atoms with Crippen molar-refractivity contribution in [3.05, 3.63) is 29.7 Å². The number of nitrogens with zero attached hydrogens (tertiary/aromatic N) is 3. The summed E-state index contributed by atoms with van der Waals surface area (Å²) in [6.45, 7) is 0. The van der Waals surface area contributed by atoms with Gasteiger partial charge < -0.3 is 4.74 Å². The van der Waals surface area contributed by atoms with Gasteiger partial charge >= 0.3 is 0 Å². The largest absolute Gasteiger partial charge is 0.481 e. The van der Waals surface area contributed by atoms with Crippen LogP contribution in [0.3, 0.4) is 0 Å². The molecule has 3 rings (SSSR count). The van der Waals surface area contributed by atoms with Crippen LogP contribution in [0.4, 0.5) is 0 Å². The van der Waals surface area contributed by atoms with E-state index in [1.165, 1.54) is 0 Å². The number of methoxy groups -OCH3 is 1. The minimum atomic E-state index is -1.28. The third-order valence-corrected chi connectivity index (χ3v) is 4.07. The van der Waals surface area contributed by atoms with E-state index in [0.717, 1.165) is 18.7 Å². The third kappa shape index (κ3) is 2.81. The van der Waals surface area contributed by atoms with Crippen molar-refractivity contribution in [2.24, 2.45) is 0 Å². The molecule has 2 heterocycles. The van der Waals surface area contributed by atoms with Crippen LogP contribution >= 0.6 is 0 Å². The molecule has 0 spiro atoms. The van der Waals surface area contributed by atoms with E-state index in [-0.39, 0.29) is 0 Å². The van der Waals surface area contributed by atoms with Crippen LogP contribution in [0.1, 0.15) is 30.3 Å². The number of hydrogen-bond acceptors (Lipinski definition) is 5. The van der Waals surface area contributed by atoms with Crippen LogP contribution in [0.2, 0.25) is 0 Å². The molecule has 2 aromatic rings. The Morgan fingerprint density at radius 2 is 2.26 bits per heavy atom. The highest BCUT2D eigenvalue weighted by Gasteiger charge is 2.28. The van der Waals surface area contributed by atoms with Crippen molar-refractivity contribution in [2.45, 2.75) is 29.7 Å². The minimum absolute atomic E-state index is 0.291. The van der Waals surface area contributed by atoms with Crippen LogP contribution in [0, 0.1) is 0 Å². The molecule has 1 aliphatic carbocycles. The molecule has 7 heteroatoms. The SMILES string of the molecule is COc1cccc(C[S@@](=O)c2n[nH]c(C3CC3)n2)n1. The van der Waals surface area contributed by atoms with Gasteiger partial charge in [0.15, 0.2) is 0 Å². The van der Waals surface area contributed by atoms with Crippen molar-refractivity contribution >= 4 is 10.8 Å². The highest BCUT2D eigenvalue weighted by molar-refractivity contribution is 7.84. The maximum absolute atomic E-state index is 12.2. The van der Waals surface area contributed by atoms with Gasteiger partial charge in [-0.2, -0.15) is 0 Å². The van der Waals surface area contributed by atoms with Crippen molar-refractivity contribution in [2.75, 3.05) is 7.11 Å². The molecule has 0 saturated heterocycles. The Kier molecular flexibility index (Phi) is 3.29. The molecule has 19 heavy (non-hydrogen) atoms. The fraction of sp³-hybridized carbons (Fsp3) is 0.417. The topological polar surface area (TPSA) is 80.8 Å². The molecule has 0 aromatic carbocycles. The maximum atomic E-state index is 12.2. The van der Waals surface area contributed by atoms with Gasteiger partial charge in [0.25, 0.3) is 0 Å². The number of hydrogen-bond donors (Lipinski definition) is 1. The van der Waals surface area contributed by atoms with Crippen LogP contribution in [0.5, 0.6) is 5.88 Å². The summed E-state index contributed by atoms with van der Waals surface area (Å²) in [4.78, 5) is 8.52. The van der Waals surface area contributed by atoms with Crippen molar-refractivity contribution in [3.63, 3.8) is 0 Å². The zero-order chi connectivity index (χ0) is 13.2. The number of aromatic nitrogens is 4. The summed E-state index contributed by atoms with van der Waals surface area (Å²) in [6, 6.07) is 5.39. The summed E-state index contributed by atoms with van der Waals surface area (Å²) in [5, 5.41) is 7.23.